The van der Waals surface area contributed by atoms with E-state index in [1.165, 1.54) is 0 Å². The summed E-state index contributed by atoms with van der Waals surface area (Å²) >= 11 is 0. The molecule has 0 saturated carbocycles. The van der Waals surface area contributed by atoms with Gasteiger partial charge in [0.25, 0.3) is 0 Å². The smallest absolute Gasteiger partial charge is 0.155 e. The highest BCUT2D eigenvalue weighted by Crippen LogP contribution is 2.33. The molecule has 0 N–H and O–H groups in total. The SMILES string of the molecule is CC1(C)CC(=O)C(C)(C)N([O])C1. The molecule has 0 spiro atoms. The van der Waals surface area contributed by atoms with Crippen molar-refractivity contribution in [2.45, 2.75) is 39.7 Å². The quantitative estimate of drug-likeness (QED) is 0.551. The molecule has 0 aromatic heterocycles. The summed E-state index contributed by atoms with van der Waals surface area (Å²) < 4.78 is 0. The molecule has 12 heavy (non-hydrogen) atoms. The summed E-state index contributed by atoms with van der Waals surface area (Å²) in [5.41, 5.74) is -0.968. The molecule has 0 aromatic rings. The summed E-state index contributed by atoms with van der Waals surface area (Å²) in [5.74, 6) is 0.0498. The molecule has 3 nitrogen and oxygen atoms in total. The van der Waals surface area contributed by atoms with E-state index in [0.29, 0.717) is 13.0 Å². The van der Waals surface area contributed by atoms with E-state index in [0.717, 1.165) is 5.06 Å². The fourth-order valence-electron chi connectivity index (χ4n) is 1.43. The lowest BCUT2D eigenvalue weighted by Crippen LogP contribution is -2.56. The Morgan fingerprint density at radius 1 is 1.25 bits per heavy atom. The van der Waals surface area contributed by atoms with Gasteiger partial charge in [-0.25, -0.2) is 0 Å². The first-order chi connectivity index (χ1) is 5.26. The Labute approximate surface area is 73.3 Å². The maximum absolute atomic E-state index is 11.5. The molecule has 1 aliphatic rings. The lowest BCUT2D eigenvalue weighted by molar-refractivity contribution is -0.239. The minimum absolute atomic E-state index is 0.0498. The summed E-state index contributed by atoms with van der Waals surface area (Å²) in [7, 11) is 0. The number of hydrogen-bond acceptors (Lipinski definition) is 2. The van der Waals surface area contributed by atoms with Crippen LogP contribution in [-0.4, -0.2) is 22.9 Å². The standard InChI is InChI=1S/C9H16NO2/c1-8(2)5-7(11)9(3,4)10(12)6-8/h5-6H2,1-4H3. The number of rotatable bonds is 0. The van der Waals surface area contributed by atoms with Crippen LogP contribution in [0.5, 0.6) is 0 Å². The molecular formula is C9H16NO2. The van der Waals surface area contributed by atoms with Gasteiger partial charge in [-0.3, -0.25) is 4.79 Å². The topological polar surface area (TPSA) is 40.2 Å². The van der Waals surface area contributed by atoms with E-state index in [1.807, 2.05) is 13.8 Å². The molecule has 0 atom stereocenters. The van der Waals surface area contributed by atoms with Crippen molar-refractivity contribution in [3.63, 3.8) is 0 Å². The third kappa shape index (κ3) is 1.52. The lowest BCUT2D eigenvalue weighted by atomic mass is 9.77. The fourth-order valence-corrected chi connectivity index (χ4v) is 1.43. The molecule has 1 rings (SSSR count). The normalized spacial score (nSPS) is 28.9. The van der Waals surface area contributed by atoms with Gasteiger partial charge >= 0.3 is 0 Å². The number of carbonyl (C=O) groups excluding carboxylic acids is 1. The van der Waals surface area contributed by atoms with Crippen molar-refractivity contribution in [3.8, 4) is 0 Å². The summed E-state index contributed by atoms with van der Waals surface area (Å²) in [5, 5.41) is 12.3. The van der Waals surface area contributed by atoms with E-state index in [1.54, 1.807) is 13.8 Å². The molecule has 0 unspecified atom stereocenters. The van der Waals surface area contributed by atoms with Crippen molar-refractivity contribution in [3.05, 3.63) is 0 Å². The molecule has 69 valence electrons. The number of piperidine rings is 1. The van der Waals surface area contributed by atoms with Crippen LogP contribution in [0.3, 0.4) is 0 Å². The van der Waals surface area contributed by atoms with E-state index < -0.39 is 5.54 Å². The summed E-state index contributed by atoms with van der Waals surface area (Å²) in [6.07, 6.45) is 0.513. The average molecular weight is 170 g/mol. The monoisotopic (exact) mass is 170 g/mol. The number of carbonyl (C=O) groups is 1. The van der Waals surface area contributed by atoms with E-state index in [4.69, 9.17) is 0 Å². The van der Waals surface area contributed by atoms with Gasteiger partial charge in [0.1, 0.15) is 5.54 Å². The summed E-state index contributed by atoms with van der Waals surface area (Å²) in [4.78, 5) is 11.5. The number of hydrogen-bond donors (Lipinski definition) is 0. The lowest BCUT2D eigenvalue weighted by Gasteiger charge is -2.42. The van der Waals surface area contributed by atoms with Crippen LogP contribution in [0, 0.1) is 5.41 Å². The number of nitrogens with zero attached hydrogens (tertiary/aromatic N) is 1. The highest BCUT2D eigenvalue weighted by molar-refractivity contribution is 5.88. The molecule has 1 fully saturated rings. The van der Waals surface area contributed by atoms with Gasteiger partial charge in [0.05, 0.1) is 0 Å². The van der Waals surface area contributed by atoms with Crippen molar-refractivity contribution >= 4 is 5.78 Å². The molecule has 0 bridgehead atoms. The predicted octanol–water partition coefficient (Wildman–Crippen LogP) is 1.41. The summed E-state index contributed by atoms with van der Waals surface area (Å²) in [6.45, 7) is 7.73. The molecule has 1 radical (unpaired) electrons. The Kier molecular flexibility index (Phi) is 2.05. The molecule has 3 heteroatoms. The highest BCUT2D eigenvalue weighted by Gasteiger charge is 2.44. The maximum atomic E-state index is 11.5. The molecule has 0 amide bonds. The fraction of sp³-hybridized carbons (Fsp3) is 0.889. The molecule has 1 saturated heterocycles. The highest BCUT2D eigenvalue weighted by atomic mass is 16.5. The van der Waals surface area contributed by atoms with Crippen LogP contribution < -0.4 is 0 Å². The Balaban J connectivity index is 2.85. The van der Waals surface area contributed by atoms with Crippen molar-refractivity contribution in [1.29, 1.82) is 0 Å². The molecule has 0 aromatic carbocycles. The van der Waals surface area contributed by atoms with Crippen LogP contribution in [0.1, 0.15) is 34.1 Å². The van der Waals surface area contributed by atoms with Gasteiger partial charge in [0.2, 0.25) is 0 Å². The van der Waals surface area contributed by atoms with Gasteiger partial charge in [-0.2, -0.15) is 0 Å². The summed E-state index contributed by atoms with van der Waals surface area (Å²) in [6, 6.07) is 0. The van der Waals surface area contributed by atoms with E-state index >= 15 is 0 Å². The van der Waals surface area contributed by atoms with Gasteiger partial charge in [0, 0.05) is 13.0 Å². The first-order valence-electron chi connectivity index (χ1n) is 4.24. The van der Waals surface area contributed by atoms with Gasteiger partial charge in [-0.15, -0.1) is 10.3 Å². The van der Waals surface area contributed by atoms with Gasteiger partial charge in [-0.05, 0) is 19.3 Å². The second kappa shape index (κ2) is 2.54. The average Bonchev–Trinajstić information content (AvgIpc) is 1.82. The third-order valence-corrected chi connectivity index (χ3v) is 2.52. The molecule has 0 aliphatic carbocycles. The zero-order chi connectivity index (χ0) is 9.57. The van der Waals surface area contributed by atoms with Crippen LogP contribution in [0.25, 0.3) is 0 Å². The Morgan fingerprint density at radius 3 is 2.17 bits per heavy atom. The van der Waals surface area contributed by atoms with Crippen LogP contribution in [0.15, 0.2) is 0 Å². The van der Waals surface area contributed by atoms with Crippen LogP contribution in [-0.2, 0) is 10.0 Å². The largest absolute Gasteiger partial charge is 0.298 e. The first kappa shape index (κ1) is 9.68. The third-order valence-electron chi connectivity index (χ3n) is 2.52. The van der Waals surface area contributed by atoms with E-state index in [9.17, 15) is 10.0 Å². The van der Waals surface area contributed by atoms with Crippen molar-refractivity contribution in [2.75, 3.05) is 6.54 Å². The minimum Gasteiger partial charge on any atom is -0.298 e. The minimum atomic E-state index is -0.810. The van der Waals surface area contributed by atoms with Crippen molar-refractivity contribution in [1.82, 2.24) is 5.06 Å². The number of Topliss-reactive ketones (excluding diaryl/α,β-unsaturated/α-hetero) is 1. The van der Waals surface area contributed by atoms with Crippen molar-refractivity contribution in [2.24, 2.45) is 5.41 Å². The zero-order valence-corrected chi connectivity index (χ0v) is 8.18. The Morgan fingerprint density at radius 2 is 1.75 bits per heavy atom. The van der Waals surface area contributed by atoms with E-state index in [-0.39, 0.29) is 11.2 Å². The zero-order valence-electron chi connectivity index (χ0n) is 8.18. The van der Waals surface area contributed by atoms with Gasteiger partial charge in [0.15, 0.2) is 5.78 Å². The first-order valence-corrected chi connectivity index (χ1v) is 4.24. The predicted molar refractivity (Wildman–Crippen MR) is 44.9 cm³/mol. The molecule has 1 heterocycles. The van der Waals surface area contributed by atoms with Crippen LogP contribution >= 0.6 is 0 Å². The Hall–Kier alpha value is -0.410. The molecular weight excluding hydrogens is 154 g/mol. The van der Waals surface area contributed by atoms with Gasteiger partial charge in [-0.1, -0.05) is 13.8 Å². The second-order valence-electron chi connectivity index (χ2n) is 4.86. The maximum Gasteiger partial charge on any atom is 0.155 e. The molecule has 1 aliphatic heterocycles. The van der Waals surface area contributed by atoms with Crippen molar-refractivity contribution < 1.29 is 10.0 Å². The Bertz CT molecular complexity index is 209. The van der Waals surface area contributed by atoms with E-state index in [2.05, 4.69) is 0 Å². The number of ketones is 1. The van der Waals surface area contributed by atoms with Gasteiger partial charge < -0.3 is 0 Å². The second-order valence-corrected chi connectivity index (χ2v) is 4.86. The number of hydroxylamine groups is 2. The van der Waals surface area contributed by atoms with Crippen LogP contribution in [0.2, 0.25) is 0 Å². The van der Waals surface area contributed by atoms with Crippen LogP contribution in [0.4, 0.5) is 0 Å².